The van der Waals surface area contributed by atoms with Crippen LogP contribution >= 0.6 is 0 Å². The molecule has 3 aromatic carbocycles. The summed E-state index contributed by atoms with van der Waals surface area (Å²) >= 11 is 0. The Morgan fingerprint density at radius 1 is 0.886 bits per heavy atom. The van der Waals surface area contributed by atoms with Gasteiger partial charge in [0, 0.05) is 25.5 Å². The average molecular weight is 595 g/mol. The first-order chi connectivity index (χ1) is 21.3. The number of ether oxygens (including phenoxy) is 2. The topological polar surface area (TPSA) is 117 Å². The lowest BCUT2D eigenvalue weighted by atomic mass is 9.97. The van der Waals surface area contributed by atoms with Gasteiger partial charge in [0.05, 0.1) is 12.5 Å². The molecule has 5 aromatic rings. The summed E-state index contributed by atoms with van der Waals surface area (Å²) in [5.41, 5.74) is 5.36. The van der Waals surface area contributed by atoms with Crippen LogP contribution in [-0.4, -0.2) is 49.9 Å². The maximum atomic E-state index is 14.3. The predicted molar refractivity (Wildman–Crippen MR) is 168 cm³/mol. The molecule has 228 valence electrons. The Kier molecular flexibility index (Phi) is 9.62. The molecule has 1 N–H and O–H groups in total. The van der Waals surface area contributed by atoms with Gasteiger partial charge in [0.1, 0.15) is 5.69 Å². The van der Waals surface area contributed by atoms with Gasteiger partial charge in [-0.2, -0.15) is 0 Å². The minimum Gasteiger partial charge on any atom is -0.350 e. The van der Waals surface area contributed by atoms with E-state index in [1.165, 1.54) is 18.8 Å². The van der Waals surface area contributed by atoms with Crippen LogP contribution in [0.2, 0.25) is 0 Å². The molecule has 2 heterocycles. The second-order valence-corrected chi connectivity index (χ2v) is 11.2. The molecule has 1 atom stereocenters. The lowest BCUT2D eigenvalue weighted by molar-refractivity contribution is -0.110. The van der Waals surface area contributed by atoms with Gasteiger partial charge in [0.15, 0.2) is 5.82 Å². The molecule has 10 nitrogen and oxygen atoms in total. The molecule has 0 amide bonds. The van der Waals surface area contributed by atoms with Crippen molar-refractivity contribution in [2.45, 2.75) is 52.4 Å². The monoisotopic (exact) mass is 594 g/mol. The molecule has 0 bridgehead atoms. The summed E-state index contributed by atoms with van der Waals surface area (Å²) in [6, 6.07) is 25.0. The quantitative estimate of drug-likeness (QED) is 0.180. The van der Waals surface area contributed by atoms with E-state index in [0.717, 1.165) is 39.9 Å². The summed E-state index contributed by atoms with van der Waals surface area (Å²) in [5.74, 6) is 0.632. The van der Waals surface area contributed by atoms with Crippen molar-refractivity contribution in [2.24, 2.45) is 5.92 Å². The van der Waals surface area contributed by atoms with Gasteiger partial charge in [-0.25, -0.2) is 14.5 Å². The first-order valence-corrected chi connectivity index (χ1v) is 14.8. The van der Waals surface area contributed by atoms with E-state index in [-0.39, 0.29) is 18.4 Å². The second kappa shape index (κ2) is 13.7. The zero-order chi connectivity index (χ0) is 31.2. The molecule has 0 radical (unpaired) electrons. The molecule has 0 aliphatic heterocycles. The summed E-state index contributed by atoms with van der Waals surface area (Å²) in [6.07, 6.45) is 0.591. The zero-order valence-electron chi connectivity index (χ0n) is 25.7. The maximum absolute atomic E-state index is 14.3. The SMILES string of the molecule is COC(OC)c1c(CCC(C)C)n(C(C)c2ccc(-c3ccccc3-c3nnn[nH]3)cc2)c(=O)n1C(=O)Cc1ccccc1. The molecular formula is C34H38N6O4. The van der Waals surface area contributed by atoms with E-state index in [0.29, 0.717) is 23.9 Å². The largest absolute Gasteiger partial charge is 0.350 e. The van der Waals surface area contributed by atoms with Crippen LogP contribution in [0.15, 0.2) is 83.7 Å². The van der Waals surface area contributed by atoms with Crippen LogP contribution in [0, 0.1) is 5.92 Å². The van der Waals surface area contributed by atoms with Gasteiger partial charge in [-0.05, 0) is 58.4 Å². The number of nitrogens with one attached hydrogen (secondary N) is 1. The minimum absolute atomic E-state index is 0.0741. The summed E-state index contributed by atoms with van der Waals surface area (Å²) in [4.78, 5) is 28.1. The van der Waals surface area contributed by atoms with Gasteiger partial charge in [0.2, 0.25) is 12.2 Å². The van der Waals surface area contributed by atoms with Crippen LogP contribution in [0.1, 0.15) is 66.8 Å². The smallest absolute Gasteiger partial charge is 0.336 e. The number of imidazole rings is 1. The van der Waals surface area contributed by atoms with Crippen LogP contribution in [0.25, 0.3) is 22.5 Å². The molecule has 0 aliphatic carbocycles. The van der Waals surface area contributed by atoms with Crippen molar-refractivity contribution in [1.29, 1.82) is 0 Å². The summed E-state index contributed by atoms with van der Waals surface area (Å²) in [6.45, 7) is 6.26. The first kappa shape index (κ1) is 30.8. The average Bonchev–Trinajstić information content (AvgIpc) is 3.68. The van der Waals surface area contributed by atoms with Crippen molar-refractivity contribution in [3.05, 3.63) is 112 Å². The number of rotatable bonds is 12. The molecule has 10 heteroatoms. The van der Waals surface area contributed by atoms with Gasteiger partial charge in [-0.1, -0.05) is 92.7 Å². The highest BCUT2D eigenvalue weighted by Crippen LogP contribution is 2.32. The number of hydrogen-bond donors (Lipinski definition) is 1. The molecule has 0 aliphatic rings. The van der Waals surface area contributed by atoms with Crippen LogP contribution in [0.5, 0.6) is 0 Å². The lowest BCUT2D eigenvalue weighted by Gasteiger charge is -2.20. The fourth-order valence-corrected chi connectivity index (χ4v) is 5.61. The standard InChI is InChI=1S/C34H38N6O4/c1-22(2)15-20-29-31(33(43-4)44-5)40(30(41)21-24-11-7-6-8-12-24)34(42)39(29)23(3)25-16-18-26(19-17-25)27-13-9-10-14-28(27)32-35-37-38-36-32/h6-14,16-19,22-23,33H,15,20-21H2,1-5H3,(H,35,36,37,38). The predicted octanol–water partition coefficient (Wildman–Crippen LogP) is 5.87. The molecule has 44 heavy (non-hydrogen) atoms. The van der Waals surface area contributed by atoms with Gasteiger partial charge in [0.25, 0.3) is 0 Å². The Morgan fingerprint density at radius 2 is 1.55 bits per heavy atom. The van der Waals surface area contributed by atoms with Gasteiger partial charge in [-0.15, -0.1) is 5.10 Å². The van der Waals surface area contributed by atoms with Gasteiger partial charge in [-0.3, -0.25) is 9.36 Å². The van der Waals surface area contributed by atoms with Crippen molar-refractivity contribution in [3.63, 3.8) is 0 Å². The van der Waals surface area contributed by atoms with Crippen molar-refractivity contribution >= 4 is 5.91 Å². The number of methoxy groups -OCH3 is 2. The number of benzene rings is 3. The number of H-pyrrole nitrogens is 1. The van der Waals surface area contributed by atoms with Crippen molar-refractivity contribution < 1.29 is 14.3 Å². The van der Waals surface area contributed by atoms with Gasteiger partial charge >= 0.3 is 5.69 Å². The Bertz CT molecular complexity index is 1740. The fraction of sp³-hybridized carbons (Fsp3) is 0.324. The molecular weight excluding hydrogens is 556 g/mol. The molecule has 1 unspecified atom stereocenters. The van der Waals surface area contributed by atoms with Crippen LogP contribution in [-0.2, 0) is 22.3 Å². The Morgan fingerprint density at radius 3 is 2.16 bits per heavy atom. The maximum Gasteiger partial charge on any atom is 0.336 e. The summed E-state index contributed by atoms with van der Waals surface area (Å²) in [5, 5.41) is 14.4. The highest BCUT2D eigenvalue weighted by atomic mass is 16.7. The van der Waals surface area contributed by atoms with E-state index in [2.05, 4.69) is 34.5 Å². The normalized spacial score (nSPS) is 12.2. The number of tetrazole rings is 1. The number of nitrogens with zero attached hydrogens (tertiary/aromatic N) is 5. The molecule has 5 rings (SSSR count). The molecule has 2 aromatic heterocycles. The van der Waals surface area contributed by atoms with Crippen molar-refractivity contribution in [1.82, 2.24) is 29.8 Å². The third-order valence-electron chi connectivity index (χ3n) is 7.90. The van der Waals surface area contributed by atoms with E-state index in [4.69, 9.17) is 9.47 Å². The number of hydrogen-bond acceptors (Lipinski definition) is 7. The number of aromatic nitrogens is 6. The van der Waals surface area contributed by atoms with E-state index in [1.54, 1.807) is 4.57 Å². The van der Waals surface area contributed by atoms with E-state index in [9.17, 15) is 9.59 Å². The van der Waals surface area contributed by atoms with Gasteiger partial charge < -0.3 is 9.47 Å². The summed E-state index contributed by atoms with van der Waals surface area (Å²) < 4.78 is 14.3. The van der Waals surface area contributed by atoms with Crippen molar-refractivity contribution in [3.8, 4) is 22.5 Å². The van der Waals surface area contributed by atoms with Crippen LogP contribution in [0.3, 0.4) is 0 Å². The highest BCUT2D eigenvalue weighted by molar-refractivity contribution is 5.82. The second-order valence-electron chi connectivity index (χ2n) is 11.2. The third-order valence-corrected chi connectivity index (χ3v) is 7.90. The first-order valence-electron chi connectivity index (χ1n) is 14.8. The van der Waals surface area contributed by atoms with E-state index in [1.807, 2.05) is 85.8 Å². The Balaban J connectivity index is 1.59. The Hall–Kier alpha value is -4.67. The van der Waals surface area contributed by atoms with E-state index < -0.39 is 12.0 Å². The van der Waals surface area contributed by atoms with E-state index >= 15 is 0 Å². The molecule has 0 spiro atoms. The zero-order valence-corrected chi connectivity index (χ0v) is 25.7. The van der Waals surface area contributed by atoms with Crippen molar-refractivity contribution in [2.75, 3.05) is 14.2 Å². The van der Waals surface area contributed by atoms with Crippen LogP contribution < -0.4 is 5.69 Å². The fourth-order valence-electron chi connectivity index (χ4n) is 5.61. The minimum atomic E-state index is -0.887. The molecule has 0 fully saturated rings. The summed E-state index contributed by atoms with van der Waals surface area (Å²) in [7, 11) is 3.03. The lowest BCUT2D eigenvalue weighted by Crippen LogP contribution is -2.33. The number of carbonyl (C=O) groups is 1. The third kappa shape index (κ3) is 6.31. The molecule has 0 saturated heterocycles. The number of aromatic amines is 1. The number of carbonyl (C=O) groups excluding carboxylic acids is 1. The van der Waals surface area contributed by atoms with Crippen LogP contribution in [0.4, 0.5) is 0 Å². The Labute approximate surface area is 256 Å². The highest BCUT2D eigenvalue weighted by Gasteiger charge is 2.32. The molecule has 0 saturated carbocycles.